The van der Waals surface area contributed by atoms with E-state index in [9.17, 15) is 9.59 Å². The number of amides is 1. The van der Waals surface area contributed by atoms with Gasteiger partial charge in [-0.1, -0.05) is 6.07 Å². The predicted octanol–water partition coefficient (Wildman–Crippen LogP) is 2.93. The number of fused-ring (bicyclic) bond motifs is 1. The first kappa shape index (κ1) is 19.1. The predicted molar refractivity (Wildman–Crippen MR) is 93.6 cm³/mol. The number of likely N-dealkylation sites (N-methyl/N-ethyl adjacent to an activating group) is 1. The van der Waals surface area contributed by atoms with E-state index in [0.717, 1.165) is 17.1 Å². The molecule has 1 heterocycles. The Labute approximate surface area is 149 Å². The molecule has 138 valence electrons. The molecular formula is C19H27NO5. The highest BCUT2D eigenvalue weighted by Crippen LogP contribution is 2.32. The van der Waals surface area contributed by atoms with Gasteiger partial charge >= 0.3 is 5.97 Å². The number of hydrogen-bond acceptors (Lipinski definition) is 5. The number of hydrogen-bond donors (Lipinski definition) is 0. The number of esters is 1. The lowest BCUT2D eigenvalue weighted by Gasteiger charge is -2.25. The van der Waals surface area contributed by atoms with Crippen molar-refractivity contribution < 1.29 is 23.8 Å². The smallest absolute Gasteiger partial charge is 0.306 e. The molecule has 0 aliphatic carbocycles. The maximum absolute atomic E-state index is 12.3. The Kier molecular flexibility index (Phi) is 5.93. The minimum Gasteiger partial charge on any atom is -0.460 e. The number of carbonyl (C=O) groups is 2. The van der Waals surface area contributed by atoms with Crippen molar-refractivity contribution in [3.8, 4) is 11.5 Å². The molecule has 1 aliphatic heterocycles. The topological polar surface area (TPSA) is 65.1 Å². The molecule has 0 N–H and O–H groups in total. The Balaban J connectivity index is 1.83. The Morgan fingerprint density at radius 3 is 2.56 bits per heavy atom. The zero-order valence-electron chi connectivity index (χ0n) is 15.6. The fourth-order valence-corrected chi connectivity index (χ4v) is 2.57. The molecule has 1 aliphatic rings. The van der Waals surface area contributed by atoms with Crippen molar-refractivity contribution in [2.24, 2.45) is 0 Å². The quantitative estimate of drug-likeness (QED) is 0.739. The molecule has 0 spiro atoms. The van der Waals surface area contributed by atoms with Gasteiger partial charge in [-0.3, -0.25) is 9.59 Å². The highest BCUT2D eigenvalue weighted by atomic mass is 16.7. The molecular weight excluding hydrogens is 322 g/mol. The van der Waals surface area contributed by atoms with Crippen LogP contribution in [-0.4, -0.2) is 42.3 Å². The molecule has 0 aromatic heterocycles. The summed E-state index contributed by atoms with van der Waals surface area (Å²) in [5.74, 6) is 1.07. The third-order valence-corrected chi connectivity index (χ3v) is 3.99. The third kappa shape index (κ3) is 5.66. The number of carbonyl (C=O) groups excluding carboxylic acids is 2. The summed E-state index contributed by atoms with van der Waals surface area (Å²) in [6, 6.07) is 5.81. The molecule has 6 heteroatoms. The van der Waals surface area contributed by atoms with Crippen molar-refractivity contribution in [2.75, 3.05) is 13.8 Å². The van der Waals surface area contributed by atoms with E-state index in [2.05, 4.69) is 0 Å². The van der Waals surface area contributed by atoms with Crippen LogP contribution >= 0.6 is 0 Å². The van der Waals surface area contributed by atoms with Crippen molar-refractivity contribution >= 4 is 11.9 Å². The monoisotopic (exact) mass is 349 g/mol. The van der Waals surface area contributed by atoms with Gasteiger partial charge in [0.25, 0.3) is 0 Å². The number of ether oxygens (including phenoxy) is 3. The van der Waals surface area contributed by atoms with Gasteiger partial charge in [-0.25, -0.2) is 0 Å². The van der Waals surface area contributed by atoms with E-state index >= 15 is 0 Å². The normalized spacial score (nSPS) is 14.1. The van der Waals surface area contributed by atoms with Crippen LogP contribution in [0.5, 0.6) is 11.5 Å². The second kappa shape index (κ2) is 7.76. The first-order valence-corrected chi connectivity index (χ1v) is 8.52. The van der Waals surface area contributed by atoms with E-state index < -0.39 is 5.60 Å². The van der Waals surface area contributed by atoms with E-state index in [4.69, 9.17) is 14.2 Å². The number of nitrogens with zero attached hydrogens (tertiary/aromatic N) is 1. The Hall–Kier alpha value is -2.24. The summed E-state index contributed by atoms with van der Waals surface area (Å²) in [5.41, 5.74) is 0.544. The van der Waals surface area contributed by atoms with Gasteiger partial charge in [0.2, 0.25) is 12.7 Å². The maximum Gasteiger partial charge on any atom is 0.306 e. The summed E-state index contributed by atoms with van der Waals surface area (Å²) in [6.45, 7) is 7.66. The Bertz CT molecular complexity index is 635. The molecule has 0 bridgehead atoms. The second-order valence-corrected chi connectivity index (χ2v) is 7.33. The van der Waals surface area contributed by atoms with Gasteiger partial charge in [0.1, 0.15) is 5.60 Å². The number of benzene rings is 1. The van der Waals surface area contributed by atoms with E-state index in [-0.39, 0.29) is 37.6 Å². The molecule has 0 radical (unpaired) electrons. The van der Waals surface area contributed by atoms with Crippen LogP contribution in [0.1, 0.15) is 46.1 Å². The fraction of sp³-hybridized carbons (Fsp3) is 0.579. The standard InChI is InChI=1S/C19H27NO5/c1-13(10-14-6-7-15-16(11-14)24-12-23-15)20(5)17(21)8-9-18(22)25-19(2,3)4/h6-7,11,13H,8-10,12H2,1-5H3. The summed E-state index contributed by atoms with van der Waals surface area (Å²) in [7, 11) is 1.76. The van der Waals surface area contributed by atoms with Crippen LogP contribution in [-0.2, 0) is 20.7 Å². The van der Waals surface area contributed by atoms with Crippen molar-refractivity contribution in [1.82, 2.24) is 4.90 Å². The van der Waals surface area contributed by atoms with Crippen molar-refractivity contribution in [3.63, 3.8) is 0 Å². The summed E-state index contributed by atoms with van der Waals surface area (Å²) in [4.78, 5) is 25.7. The van der Waals surface area contributed by atoms with E-state index in [1.54, 1.807) is 11.9 Å². The molecule has 6 nitrogen and oxygen atoms in total. The van der Waals surface area contributed by atoms with Crippen molar-refractivity contribution in [3.05, 3.63) is 23.8 Å². The second-order valence-electron chi connectivity index (χ2n) is 7.33. The van der Waals surface area contributed by atoms with Gasteiger partial charge in [0.15, 0.2) is 11.5 Å². The summed E-state index contributed by atoms with van der Waals surface area (Å²) < 4.78 is 15.9. The SMILES string of the molecule is CC(Cc1ccc2c(c1)OCO2)N(C)C(=O)CCC(=O)OC(C)(C)C. The molecule has 1 amide bonds. The van der Waals surface area contributed by atoms with Crippen LogP contribution in [0.3, 0.4) is 0 Å². The highest BCUT2D eigenvalue weighted by Gasteiger charge is 2.21. The molecule has 1 atom stereocenters. The molecule has 1 unspecified atom stereocenters. The lowest BCUT2D eigenvalue weighted by atomic mass is 10.1. The molecule has 0 saturated carbocycles. The molecule has 2 rings (SSSR count). The van der Waals surface area contributed by atoms with Gasteiger partial charge in [-0.2, -0.15) is 0 Å². The first-order chi connectivity index (χ1) is 11.7. The minimum absolute atomic E-state index is 0.00603. The van der Waals surface area contributed by atoms with E-state index in [1.165, 1.54) is 0 Å². The molecule has 1 aromatic carbocycles. The van der Waals surface area contributed by atoms with E-state index in [1.807, 2.05) is 45.9 Å². The van der Waals surface area contributed by atoms with Crippen molar-refractivity contribution in [2.45, 2.75) is 58.6 Å². The van der Waals surface area contributed by atoms with Crippen LogP contribution in [0, 0.1) is 0 Å². The van der Waals surface area contributed by atoms with Crippen LogP contribution in [0.15, 0.2) is 18.2 Å². The summed E-state index contributed by atoms with van der Waals surface area (Å²) >= 11 is 0. The summed E-state index contributed by atoms with van der Waals surface area (Å²) in [6.07, 6.45) is 0.944. The molecule has 1 aromatic rings. The van der Waals surface area contributed by atoms with Crippen molar-refractivity contribution in [1.29, 1.82) is 0 Å². The molecule has 25 heavy (non-hydrogen) atoms. The zero-order chi connectivity index (χ0) is 18.6. The number of rotatable bonds is 6. The van der Waals surface area contributed by atoms with Gasteiger partial charge < -0.3 is 19.1 Å². The molecule has 0 fully saturated rings. The van der Waals surface area contributed by atoms with Gasteiger partial charge in [0.05, 0.1) is 6.42 Å². The van der Waals surface area contributed by atoms with E-state index in [0.29, 0.717) is 6.42 Å². The average Bonchev–Trinajstić information content (AvgIpc) is 2.97. The van der Waals surface area contributed by atoms with Gasteiger partial charge in [0, 0.05) is 19.5 Å². The first-order valence-electron chi connectivity index (χ1n) is 8.52. The van der Waals surface area contributed by atoms with Crippen LogP contribution in [0.2, 0.25) is 0 Å². The average molecular weight is 349 g/mol. The maximum atomic E-state index is 12.3. The summed E-state index contributed by atoms with van der Waals surface area (Å²) in [5, 5.41) is 0. The van der Waals surface area contributed by atoms with Gasteiger partial charge in [-0.15, -0.1) is 0 Å². The largest absolute Gasteiger partial charge is 0.460 e. The Morgan fingerprint density at radius 2 is 1.88 bits per heavy atom. The lowest BCUT2D eigenvalue weighted by molar-refractivity contribution is -0.156. The highest BCUT2D eigenvalue weighted by molar-refractivity contribution is 5.81. The zero-order valence-corrected chi connectivity index (χ0v) is 15.6. The fourth-order valence-electron chi connectivity index (χ4n) is 2.57. The third-order valence-electron chi connectivity index (χ3n) is 3.99. The van der Waals surface area contributed by atoms with Gasteiger partial charge in [-0.05, 0) is 51.8 Å². The van der Waals surface area contributed by atoms with Crippen LogP contribution < -0.4 is 9.47 Å². The minimum atomic E-state index is -0.529. The lowest BCUT2D eigenvalue weighted by Crippen LogP contribution is -2.36. The Morgan fingerprint density at radius 1 is 1.20 bits per heavy atom. The van der Waals surface area contributed by atoms with Crippen LogP contribution in [0.4, 0.5) is 0 Å². The van der Waals surface area contributed by atoms with Crippen LogP contribution in [0.25, 0.3) is 0 Å². The molecule has 0 saturated heterocycles.